The van der Waals surface area contributed by atoms with Gasteiger partial charge in [0.05, 0.1) is 29.8 Å². The summed E-state index contributed by atoms with van der Waals surface area (Å²) < 4.78 is 46.4. The standard InChI is InChI=1S/C25H26F3N5O3/c1-23(2,3)36-22(35)32-13-17(14-32)8-7-16-12-30-33(15-16)24(4,5)21(34)31-18-9-10-20(29-6)19(11-18)25(26,27)28/h9-12,15,17H,13-14H2,1-5H3,(H,31,34). The number of amides is 2. The fraction of sp³-hybridized carbons (Fsp3) is 0.440. The lowest BCUT2D eigenvalue weighted by Crippen LogP contribution is -2.51. The van der Waals surface area contributed by atoms with Gasteiger partial charge in [-0.05, 0) is 46.8 Å². The van der Waals surface area contributed by atoms with Gasteiger partial charge in [-0.2, -0.15) is 18.3 Å². The van der Waals surface area contributed by atoms with Gasteiger partial charge >= 0.3 is 12.3 Å². The number of ether oxygens (including phenoxy) is 1. The summed E-state index contributed by atoms with van der Waals surface area (Å²) in [5.41, 5.74) is -3.02. The average molecular weight is 502 g/mol. The molecule has 0 radical (unpaired) electrons. The molecule has 2 amide bonds. The normalized spacial score (nSPS) is 14.2. The number of benzene rings is 1. The first-order valence-corrected chi connectivity index (χ1v) is 11.0. The van der Waals surface area contributed by atoms with Gasteiger partial charge in [0.15, 0.2) is 5.69 Å². The summed E-state index contributed by atoms with van der Waals surface area (Å²) in [6.45, 7) is 16.4. The highest BCUT2D eigenvalue weighted by atomic mass is 19.4. The Morgan fingerprint density at radius 2 is 1.86 bits per heavy atom. The topological polar surface area (TPSA) is 80.8 Å². The van der Waals surface area contributed by atoms with Crippen LogP contribution in [0.25, 0.3) is 4.85 Å². The summed E-state index contributed by atoms with van der Waals surface area (Å²) in [5, 5.41) is 6.65. The Hall–Kier alpha value is -3.99. The van der Waals surface area contributed by atoms with Gasteiger partial charge in [0.25, 0.3) is 5.91 Å². The molecule has 11 heteroatoms. The minimum atomic E-state index is -4.73. The van der Waals surface area contributed by atoms with E-state index in [-0.39, 0.29) is 17.7 Å². The van der Waals surface area contributed by atoms with Crippen LogP contribution in [0.15, 0.2) is 30.6 Å². The molecule has 2 heterocycles. The fourth-order valence-corrected chi connectivity index (χ4v) is 3.25. The predicted octanol–water partition coefficient (Wildman–Crippen LogP) is 5.04. The van der Waals surface area contributed by atoms with Crippen molar-refractivity contribution in [2.45, 2.75) is 51.9 Å². The summed E-state index contributed by atoms with van der Waals surface area (Å²) in [6.07, 6.45) is -2.05. The maximum absolute atomic E-state index is 13.2. The number of nitrogens with one attached hydrogen (secondary N) is 1. The lowest BCUT2D eigenvalue weighted by atomic mass is 10.0. The molecule has 190 valence electrons. The molecule has 1 aromatic heterocycles. The number of carbonyl (C=O) groups excluding carboxylic acids is 2. The van der Waals surface area contributed by atoms with Crippen LogP contribution in [0.5, 0.6) is 0 Å². The summed E-state index contributed by atoms with van der Waals surface area (Å²) in [6, 6.07) is 3.00. The van der Waals surface area contributed by atoms with Crippen molar-refractivity contribution in [1.29, 1.82) is 0 Å². The van der Waals surface area contributed by atoms with E-state index < -0.39 is 34.5 Å². The number of carbonyl (C=O) groups is 2. The summed E-state index contributed by atoms with van der Waals surface area (Å²) in [7, 11) is 0. The van der Waals surface area contributed by atoms with Crippen molar-refractivity contribution < 1.29 is 27.5 Å². The molecule has 2 aromatic rings. The number of nitrogens with zero attached hydrogens (tertiary/aromatic N) is 4. The number of hydrogen-bond donors (Lipinski definition) is 1. The number of aromatic nitrogens is 2. The van der Waals surface area contributed by atoms with Crippen molar-refractivity contribution in [2.24, 2.45) is 5.92 Å². The Bertz CT molecular complexity index is 1270. The smallest absolute Gasteiger partial charge is 0.410 e. The number of rotatable bonds is 3. The zero-order chi connectivity index (χ0) is 26.9. The molecule has 1 aromatic carbocycles. The van der Waals surface area contributed by atoms with Crippen molar-refractivity contribution in [3.05, 3.63) is 53.1 Å². The fourth-order valence-electron chi connectivity index (χ4n) is 3.25. The van der Waals surface area contributed by atoms with E-state index in [9.17, 15) is 22.8 Å². The second-order valence-corrected chi connectivity index (χ2v) is 9.88. The first-order chi connectivity index (χ1) is 16.6. The molecule has 8 nitrogen and oxygen atoms in total. The predicted molar refractivity (Wildman–Crippen MR) is 126 cm³/mol. The average Bonchev–Trinajstić information content (AvgIpc) is 3.20. The minimum Gasteiger partial charge on any atom is -0.444 e. The van der Waals surface area contributed by atoms with E-state index >= 15 is 0 Å². The van der Waals surface area contributed by atoms with Crippen LogP contribution in [-0.2, 0) is 21.2 Å². The van der Waals surface area contributed by atoms with Crippen LogP contribution >= 0.6 is 0 Å². The van der Waals surface area contributed by atoms with Crippen molar-refractivity contribution in [3.8, 4) is 11.8 Å². The number of halogens is 3. The largest absolute Gasteiger partial charge is 0.444 e. The van der Waals surface area contributed by atoms with E-state index in [4.69, 9.17) is 11.3 Å². The number of anilines is 1. The van der Waals surface area contributed by atoms with Gasteiger partial charge in [0, 0.05) is 25.0 Å². The maximum atomic E-state index is 13.2. The van der Waals surface area contributed by atoms with E-state index in [1.165, 1.54) is 16.9 Å². The van der Waals surface area contributed by atoms with Crippen LogP contribution in [0.4, 0.5) is 29.3 Å². The molecule has 0 saturated carbocycles. The van der Waals surface area contributed by atoms with Crippen LogP contribution < -0.4 is 5.32 Å². The molecule has 0 unspecified atom stereocenters. The van der Waals surface area contributed by atoms with Gasteiger partial charge < -0.3 is 15.0 Å². The SMILES string of the molecule is [C-]#[N+]c1ccc(NC(=O)C(C)(C)n2cc(C#CC3CN(C(=O)OC(C)(C)C)C3)cn2)cc1C(F)(F)F. The lowest BCUT2D eigenvalue weighted by Gasteiger charge is -2.37. The quantitative estimate of drug-likeness (QED) is 0.472. The minimum absolute atomic E-state index is 0.0153. The van der Waals surface area contributed by atoms with E-state index in [1.54, 1.807) is 45.7 Å². The second kappa shape index (κ2) is 9.57. The van der Waals surface area contributed by atoms with E-state index in [0.29, 0.717) is 18.7 Å². The molecular weight excluding hydrogens is 475 g/mol. The molecule has 0 bridgehead atoms. The highest BCUT2D eigenvalue weighted by Gasteiger charge is 2.35. The third-order valence-corrected chi connectivity index (χ3v) is 5.35. The molecule has 1 saturated heterocycles. The Morgan fingerprint density at radius 1 is 1.19 bits per heavy atom. The zero-order valence-corrected chi connectivity index (χ0v) is 20.5. The highest BCUT2D eigenvalue weighted by Crippen LogP contribution is 2.38. The highest BCUT2D eigenvalue weighted by molar-refractivity contribution is 5.96. The Balaban J connectivity index is 1.65. The van der Waals surface area contributed by atoms with Crippen LogP contribution in [0.1, 0.15) is 45.7 Å². The Morgan fingerprint density at radius 3 is 2.44 bits per heavy atom. The Labute approximate surface area is 207 Å². The van der Waals surface area contributed by atoms with E-state index in [0.717, 1.165) is 12.1 Å². The maximum Gasteiger partial charge on any atom is 0.410 e. The van der Waals surface area contributed by atoms with Crippen LogP contribution in [0, 0.1) is 24.3 Å². The third-order valence-electron chi connectivity index (χ3n) is 5.35. The number of alkyl halides is 3. The molecule has 0 aliphatic carbocycles. The van der Waals surface area contributed by atoms with E-state index in [1.807, 2.05) is 0 Å². The van der Waals surface area contributed by atoms with Gasteiger partial charge in [0.1, 0.15) is 11.1 Å². The molecule has 3 rings (SSSR count). The first kappa shape index (κ1) is 26.6. The van der Waals surface area contributed by atoms with Crippen LogP contribution in [0.3, 0.4) is 0 Å². The molecule has 1 aliphatic heterocycles. The molecule has 36 heavy (non-hydrogen) atoms. The van der Waals surface area contributed by atoms with Crippen molar-refractivity contribution in [1.82, 2.24) is 14.7 Å². The molecule has 1 aliphatic rings. The van der Waals surface area contributed by atoms with Crippen LogP contribution in [-0.4, -0.2) is 45.4 Å². The van der Waals surface area contributed by atoms with Crippen LogP contribution in [0.2, 0.25) is 0 Å². The molecule has 0 spiro atoms. The van der Waals surface area contributed by atoms with Crippen molar-refractivity contribution in [2.75, 3.05) is 18.4 Å². The lowest BCUT2D eigenvalue weighted by molar-refractivity contribution is -0.136. The second-order valence-electron chi connectivity index (χ2n) is 9.88. The zero-order valence-electron chi connectivity index (χ0n) is 20.5. The Kier molecular flexibility index (Phi) is 7.08. The van der Waals surface area contributed by atoms with E-state index in [2.05, 4.69) is 27.1 Å². The third kappa shape index (κ3) is 6.16. The number of likely N-dealkylation sites (tertiary alicyclic amines) is 1. The molecule has 0 atom stereocenters. The van der Waals surface area contributed by atoms with Crippen molar-refractivity contribution >= 4 is 23.4 Å². The van der Waals surface area contributed by atoms with Gasteiger partial charge in [-0.3, -0.25) is 9.48 Å². The molecule has 1 N–H and O–H groups in total. The summed E-state index contributed by atoms with van der Waals surface area (Å²) >= 11 is 0. The molecular formula is C25H26F3N5O3. The van der Waals surface area contributed by atoms with Gasteiger partial charge in [0.2, 0.25) is 0 Å². The van der Waals surface area contributed by atoms with Gasteiger partial charge in [-0.15, -0.1) is 0 Å². The van der Waals surface area contributed by atoms with Crippen molar-refractivity contribution in [3.63, 3.8) is 0 Å². The van der Waals surface area contributed by atoms with Gasteiger partial charge in [-0.1, -0.05) is 17.9 Å². The summed E-state index contributed by atoms with van der Waals surface area (Å²) in [4.78, 5) is 29.3. The molecule has 1 fully saturated rings. The number of hydrogen-bond acceptors (Lipinski definition) is 4. The first-order valence-electron chi connectivity index (χ1n) is 11.0. The monoisotopic (exact) mass is 501 g/mol. The van der Waals surface area contributed by atoms with Gasteiger partial charge in [-0.25, -0.2) is 9.64 Å². The summed E-state index contributed by atoms with van der Waals surface area (Å²) in [5.74, 6) is 5.43.